The second-order valence-corrected chi connectivity index (χ2v) is 7.71. The van der Waals surface area contributed by atoms with Crippen molar-refractivity contribution in [1.82, 2.24) is 9.38 Å². The van der Waals surface area contributed by atoms with Gasteiger partial charge in [0, 0.05) is 0 Å². The van der Waals surface area contributed by atoms with Crippen LogP contribution in [0.5, 0.6) is 0 Å². The number of aryl methyl sites for hydroxylation is 1. The van der Waals surface area contributed by atoms with Crippen LogP contribution in [-0.2, 0) is 0 Å². The predicted molar refractivity (Wildman–Crippen MR) is 96.8 cm³/mol. The summed E-state index contributed by atoms with van der Waals surface area (Å²) in [6.45, 7) is 2.13. The molecule has 0 saturated heterocycles. The Labute approximate surface area is 142 Å². The van der Waals surface area contributed by atoms with Gasteiger partial charge in [-0.15, -0.1) is 0 Å². The van der Waals surface area contributed by atoms with Crippen molar-refractivity contribution < 1.29 is 0 Å². The molecule has 0 aliphatic carbocycles. The van der Waals surface area contributed by atoms with Crippen LogP contribution >= 0.6 is 0 Å². The van der Waals surface area contributed by atoms with Crippen molar-refractivity contribution in [2.24, 2.45) is 0 Å². The molecule has 2 aromatic heterocycles. The summed E-state index contributed by atoms with van der Waals surface area (Å²) in [5, 5.41) is 0. The van der Waals surface area contributed by atoms with Gasteiger partial charge < -0.3 is 0 Å². The van der Waals surface area contributed by atoms with E-state index >= 15 is 0 Å². The third-order valence-electron chi connectivity index (χ3n) is 3.73. The molecule has 0 fully saturated rings. The Bertz CT molecular complexity index is 943. The van der Waals surface area contributed by atoms with E-state index in [0.717, 1.165) is 11.3 Å². The molecular weight excluding hydrogens is 347 g/mol. The van der Waals surface area contributed by atoms with Crippen molar-refractivity contribution in [3.63, 3.8) is 0 Å². The van der Waals surface area contributed by atoms with E-state index in [2.05, 4.69) is 84.3 Å². The third-order valence-corrected chi connectivity index (χ3v) is 6.02. The first-order chi connectivity index (χ1) is 11.3. The Balaban J connectivity index is 1.93. The zero-order valence-corrected chi connectivity index (χ0v) is 14.5. The van der Waals surface area contributed by atoms with Gasteiger partial charge in [0.15, 0.2) is 0 Å². The quantitative estimate of drug-likeness (QED) is 0.512. The van der Waals surface area contributed by atoms with E-state index < -0.39 is 0 Å². The molecule has 0 aliphatic heterocycles. The molecule has 2 nitrogen and oxygen atoms in total. The molecule has 0 spiro atoms. The molecule has 0 N–H and O–H groups in total. The molecule has 0 bridgehead atoms. The first-order valence-electron chi connectivity index (χ1n) is 7.58. The minimum atomic E-state index is 0.208. The first kappa shape index (κ1) is 14.3. The molecule has 4 rings (SSSR count). The second kappa shape index (κ2) is 6.04. The SMILES string of the molecule is Cc1ccc2nc(-c3ccccc3)c([Se]c3ccccc3)n2c1. The summed E-state index contributed by atoms with van der Waals surface area (Å²) < 4.78 is 4.92. The minimum absolute atomic E-state index is 0.208. The Morgan fingerprint density at radius 1 is 0.826 bits per heavy atom. The predicted octanol–water partition coefficient (Wildman–Crippen LogP) is 2.96. The molecule has 23 heavy (non-hydrogen) atoms. The van der Waals surface area contributed by atoms with Crippen LogP contribution in [0.15, 0.2) is 79.0 Å². The van der Waals surface area contributed by atoms with Gasteiger partial charge in [0.1, 0.15) is 0 Å². The van der Waals surface area contributed by atoms with Gasteiger partial charge in [-0.3, -0.25) is 0 Å². The van der Waals surface area contributed by atoms with E-state index in [1.54, 1.807) is 0 Å². The normalized spacial score (nSPS) is 11.0. The van der Waals surface area contributed by atoms with Gasteiger partial charge in [-0.05, 0) is 0 Å². The number of aromatic nitrogens is 2. The summed E-state index contributed by atoms with van der Waals surface area (Å²) in [6, 6.07) is 25.4. The van der Waals surface area contributed by atoms with Gasteiger partial charge >= 0.3 is 142 Å². The number of benzene rings is 2. The summed E-state index contributed by atoms with van der Waals surface area (Å²) >= 11 is 0.208. The Morgan fingerprint density at radius 3 is 2.26 bits per heavy atom. The van der Waals surface area contributed by atoms with Crippen molar-refractivity contribution in [1.29, 1.82) is 0 Å². The van der Waals surface area contributed by atoms with Crippen LogP contribution in [0.3, 0.4) is 0 Å². The zero-order valence-electron chi connectivity index (χ0n) is 12.8. The van der Waals surface area contributed by atoms with Gasteiger partial charge in [0.05, 0.1) is 0 Å². The average Bonchev–Trinajstić information content (AvgIpc) is 2.95. The molecule has 4 aromatic rings. The molecule has 0 aliphatic rings. The second-order valence-electron chi connectivity index (χ2n) is 5.48. The van der Waals surface area contributed by atoms with Crippen molar-refractivity contribution in [3.05, 3.63) is 84.6 Å². The number of hydrogen-bond donors (Lipinski definition) is 0. The van der Waals surface area contributed by atoms with Crippen LogP contribution < -0.4 is 9.05 Å². The number of imidazole rings is 1. The van der Waals surface area contributed by atoms with Crippen LogP contribution in [0.1, 0.15) is 5.56 Å². The Morgan fingerprint density at radius 2 is 1.52 bits per heavy atom. The molecule has 3 heteroatoms. The molecule has 2 aromatic carbocycles. The molecule has 0 saturated carbocycles. The number of fused-ring (bicyclic) bond motifs is 1. The van der Waals surface area contributed by atoms with Crippen LogP contribution in [0.4, 0.5) is 0 Å². The van der Waals surface area contributed by atoms with Gasteiger partial charge in [0.25, 0.3) is 0 Å². The van der Waals surface area contributed by atoms with E-state index in [-0.39, 0.29) is 15.0 Å². The molecule has 0 atom stereocenters. The Kier molecular flexibility index (Phi) is 3.74. The Hall–Kier alpha value is -2.35. The summed E-state index contributed by atoms with van der Waals surface area (Å²) in [5.74, 6) is 0. The van der Waals surface area contributed by atoms with Crippen molar-refractivity contribution in [2.75, 3.05) is 0 Å². The van der Waals surface area contributed by atoms with E-state index in [1.165, 1.54) is 20.2 Å². The summed E-state index contributed by atoms with van der Waals surface area (Å²) in [5.41, 5.74) is 4.54. The zero-order chi connectivity index (χ0) is 15.6. The maximum absolute atomic E-state index is 4.90. The fourth-order valence-electron chi connectivity index (χ4n) is 2.61. The number of pyridine rings is 1. The van der Waals surface area contributed by atoms with E-state index in [0.29, 0.717) is 0 Å². The monoisotopic (exact) mass is 364 g/mol. The molecule has 0 unspecified atom stereocenters. The number of hydrogen-bond acceptors (Lipinski definition) is 1. The van der Waals surface area contributed by atoms with Crippen LogP contribution in [0.25, 0.3) is 16.9 Å². The maximum atomic E-state index is 4.90. The van der Waals surface area contributed by atoms with Crippen molar-refractivity contribution in [3.8, 4) is 11.3 Å². The van der Waals surface area contributed by atoms with Gasteiger partial charge in [0.2, 0.25) is 0 Å². The average molecular weight is 363 g/mol. The standard InChI is InChI=1S/C20H16N2Se/c1-15-12-13-18-21-19(16-8-4-2-5-9-16)20(22(18)14-15)23-17-10-6-3-7-11-17/h2-14H,1H3. The summed E-state index contributed by atoms with van der Waals surface area (Å²) in [6.07, 6.45) is 2.19. The van der Waals surface area contributed by atoms with Crippen molar-refractivity contribution >= 4 is 29.7 Å². The fourth-order valence-corrected chi connectivity index (χ4v) is 4.75. The summed E-state index contributed by atoms with van der Waals surface area (Å²) in [4.78, 5) is 4.90. The van der Waals surface area contributed by atoms with Crippen molar-refractivity contribution in [2.45, 2.75) is 6.92 Å². The van der Waals surface area contributed by atoms with Crippen LogP contribution in [0.2, 0.25) is 0 Å². The summed E-state index contributed by atoms with van der Waals surface area (Å²) in [7, 11) is 0. The van der Waals surface area contributed by atoms with E-state index in [9.17, 15) is 0 Å². The molecular formula is C20H16N2Se. The number of rotatable bonds is 3. The topological polar surface area (TPSA) is 17.3 Å². The first-order valence-corrected chi connectivity index (χ1v) is 9.29. The third kappa shape index (κ3) is 2.81. The molecule has 0 amide bonds. The van der Waals surface area contributed by atoms with Crippen LogP contribution in [-0.4, -0.2) is 24.3 Å². The fraction of sp³-hybridized carbons (Fsp3) is 0.0500. The van der Waals surface area contributed by atoms with Gasteiger partial charge in [-0.1, -0.05) is 0 Å². The van der Waals surface area contributed by atoms with E-state index in [1.807, 2.05) is 6.07 Å². The van der Waals surface area contributed by atoms with E-state index in [4.69, 9.17) is 4.98 Å². The van der Waals surface area contributed by atoms with Crippen LogP contribution in [0, 0.1) is 6.92 Å². The number of nitrogens with zero attached hydrogens (tertiary/aromatic N) is 2. The molecule has 2 heterocycles. The van der Waals surface area contributed by atoms with Gasteiger partial charge in [-0.2, -0.15) is 0 Å². The van der Waals surface area contributed by atoms with Gasteiger partial charge in [-0.25, -0.2) is 0 Å². The molecule has 112 valence electrons. The molecule has 0 radical (unpaired) electrons.